The fourth-order valence-corrected chi connectivity index (χ4v) is 4.78. The highest BCUT2D eigenvalue weighted by Crippen LogP contribution is 2.20. The lowest BCUT2D eigenvalue weighted by atomic mass is 10.2. The molecule has 1 saturated heterocycles. The lowest BCUT2D eigenvalue weighted by molar-refractivity contribution is -0.121. The maximum Gasteiger partial charge on any atom is 0.243 e. The predicted octanol–water partition coefficient (Wildman–Crippen LogP) is 2.98. The lowest BCUT2D eigenvalue weighted by Crippen LogP contribution is -2.53. The second-order valence-corrected chi connectivity index (χ2v) is 9.30. The van der Waals surface area contributed by atoms with Gasteiger partial charge in [0.2, 0.25) is 15.9 Å². The van der Waals surface area contributed by atoms with Crippen molar-refractivity contribution < 1.29 is 13.2 Å². The van der Waals surface area contributed by atoms with E-state index in [9.17, 15) is 13.2 Å². The minimum Gasteiger partial charge on any atom is -0.325 e. The third kappa shape index (κ3) is 4.72. The molecule has 1 fully saturated rings. The monoisotopic (exact) mass is 421 g/mol. The number of nitrogens with one attached hydrogen (secondary N) is 1. The molecule has 6 nitrogen and oxygen atoms in total. The van der Waals surface area contributed by atoms with Crippen molar-refractivity contribution in [3.05, 3.63) is 59.1 Å². The number of piperazine rings is 1. The zero-order valence-electron chi connectivity index (χ0n) is 15.9. The molecule has 1 heterocycles. The predicted molar refractivity (Wildman–Crippen MR) is 111 cm³/mol. The van der Waals surface area contributed by atoms with E-state index >= 15 is 0 Å². The average molecular weight is 422 g/mol. The van der Waals surface area contributed by atoms with Gasteiger partial charge in [-0.25, -0.2) is 8.42 Å². The van der Waals surface area contributed by atoms with Crippen molar-refractivity contribution in [1.82, 2.24) is 9.21 Å². The summed E-state index contributed by atoms with van der Waals surface area (Å²) in [5.74, 6) is -0.142. The number of carbonyl (C=O) groups is 1. The van der Waals surface area contributed by atoms with E-state index in [1.54, 1.807) is 48.5 Å². The molecule has 1 atom stereocenters. The summed E-state index contributed by atoms with van der Waals surface area (Å²) in [6.45, 7) is 5.44. The summed E-state index contributed by atoms with van der Waals surface area (Å²) >= 11 is 5.95. The van der Waals surface area contributed by atoms with E-state index in [2.05, 4.69) is 5.32 Å². The highest BCUT2D eigenvalue weighted by Gasteiger charge is 2.31. The Morgan fingerprint density at radius 1 is 1.07 bits per heavy atom. The van der Waals surface area contributed by atoms with Crippen LogP contribution in [0.15, 0.2) is 53.4 Å². The van der Waals surface area contributed by atoms with Gasteiger partial charge in [-0.05, 0) is 44.2 Å². The first kappa shape index (κ1) is 20.8. The molecule has 1 unspecified atom stereocenters. The summed E-state index contributed by atoms with van der Waals surface area (Å²) in [5.41, 5.74) is 1.66. The highest BCUT2D eigenvalue weighted by molar-refractivity contribution is 7.89. The summed E-state index contributed by atoms with van der Waals surface area (Å²) in [7, 11) is -3.51. The molecule has 1 aliphatic rings. The molecular weight excluding hydrogens is 398 g/mol. The minimum atomic E-state index is -3.51. The molecule has 0 radical (unpaired) electrons. The van der Waals surface area contributed by atoms with Crippen molar-refractivity contribution >= 4 is 33.2 Å². The third-order valence-corrected chi connectivity index (χ3v) is 7.10. The van der Waals surface area contributed by atoms with Crippen LogP contribution in [0.1, 0.15) is 12.5 Å². The smallest absolute Gasteiger partial charge is 0.243 e. The largest absolute Gasteiger partial charge is 0.325 e. The van der Waals surface area contributed by atoms with Gasteiger partial charge in [0.1, 0.15) is 0 Å². The number of rotatable bonds is 5. The molecule has 0 aliphatic carbocycles. The molecule has 0 bridgehead atoms. The van der Waals surface area contributed by atoms with E-state index in [0.29, 0.717) is 41.8 Å². The molecule has 0 aromatic heterocycles. The normalized spacial score (nSPS) is 17.2. The fraction of sp³-hybridized carbons (Fsp3) is 0.350. The lowest BCUT2D eigenvalue weighted by Gasteiger charge is -2.36. The number of amides is 1. The van der Waals surface area contributed by atoms with Crippen LogP contribution in [0.4, 0.5) is 5.69 Å². The van der Waals surface area contributed by atoms with Crippen molar-refractivity contribution in [2.24, 2.45) is 0 Å². The van der Waals surface area contributed by atoms with Crippen LogP contribution < -0.4 is 5.32 Å². The van der Waals surface area contributed by atoms with Crippen LogP contribution >= 0.6 is 11.6 Å². The number of hydrogen-bond acceptors (Lipinski definition) is 4. The number of halogens is 1. The molecule has 3 rings (SSSR count). The molecule has 1 N–H and O–H groups in total. The molecule has 1 aliphatic heterocycles. The molecular formula is C20H24ClN3O3S. The Balaban J connectivity index is 1.59. The van der Waals surface area contributed by atoms with Gasteiger partial charge in [-0.1, -0.05) is 35.4 Å². The van der Waals surface area contributed by atoms with Gasteiger partial charge in [-0.3, -0.25) is 9.69 Å². The van der Waals surface area contributed by atoms with Crippen LogP contribution in [-0.2, 0) is 14.8 Å². The first-order chi connectivity index (χ1) is 13.3. The zero-order chi connectivity index (χ0) is 20.3. The van der Waals surface area contributed by atoms with Gasteiger partial charge in [-0.15, -0.1) is 0 Å². The van der Waals surface area contributed by atoms with E-state index in [-0.39, 0.29) is 11.9 Å². The SMILES string of the molecule is Cc1ccc(S(=O)(=O)N2CCN(C(C)C(=O)Nc3cccc(Cl)c3)CC2)cc1. The van der Waals surface area contributed by atoms with Gasteiger partial charge in [0.05, 0.1) is 10.9 Å². The number of carbonyl (C=O) groups excluding carboxylic acids is 1. The van der Waals surface area contributed by atoms with Crippen molar-refractivity contribution in [2.75, 3.05) is 31.5 Å². The molecule has 28 heavy (non-hydrogen) atoms. The maximum absolute atomic E-state index is 12.8. The van der Waals surface area contributed by atoms with Crippen LogP contribution in [-0.4, -0.2) is 55.8 Å². The number of anilines is 1. The molecule has 150 valence electrons. The Labute approximate surface area is 171 Å². The Morgan fingerprint density at radius 2 is 1.71 bits per heavy atom. The second kappa shape index (κ2) is 8.61. The first-order valence-electron chi connectivity index (χ1n) is 9.15. The van der Waals surface area contributed by atoms with Gasteiger partial charge < -0.3 is 5.32 Å². The van der Waals surface area contributed by atoms with Crippen molar-refractivity contribution in [3.8, 4) is 0 Å². The summed E-state index contributed by atoms with van der Waals surface area (Å²) < 4.78 is 27.1. The Morgan fingerprint density at radius 3 is 2.32 bits per heavy atom. The quantitative estimate of drug-likeness (QED) is 0.805. The molecule has 2 aromatic carbocycles. The molecule has 0 saturated carbocycles. The van der Waals surface area contributed by atoms with Gasteiger partial charge in [0, 0.05) is 36.9 Å². The minimum absolute atomic E-state index is 0.142. The fourth-order valence-electron chi connectivity index (χ4n) is 3.17. The van der Waals surface area contributed by atoms with Gasteiger partial charge in [0.15, 0.2) is 0 Å². The number of sulfonamides is 1. The van der Waals surface area contributed by atoms with Gasteiger partial charge in [-0.2, -0.15) is 4.31 Å². The van der Waals surface area contributed by atoms with Crippen LogP contribution in [0.3, 0.4) is 0 Å². The van der Waals surface area contributed by atoms with Crippen molar-refractivity contribution in [1.29, 1.82) is 0 Å². The number of hydrogen-bond donors (Lipinski definition) is 1. The zero-order valence-corrected chi connectivity index (χ0v) is 17.5. The van der Waals surface area contributed by atoms with E-state index < -0.39 is 10.0 Å². The van der Waals surface area contributed by atoms with Gasteiger partial charge >= 0.3 is 0 Å². The number of benzene rings is 2. The summed E-state index contributed by atoms with van der Waals surface area (Å²) in [4.78, 5) is 14.8. The Bertz CT molecular complexity index is 939. The van der Waals surface area contributed by atoms with Crippen molar-refractivity contribution in [3.63, 3.8) is 0 Å². The standard InChI is InChI=1S/C20H24ClN3O3S/c1-15-6-8-19(9-7-15)28(26,27)24-12-10-23(11-13-24)16(2)20(25)22-18-5-3-4-17(21)14-18/h3-9,14,16H,10-13H2,1-2H3,(H,22,25). The topological polar surface area (TPSA) is 69.7 Å². The molecule has 2 aromatic rings. The molecule has 8 heteroatoms. The van der Waals surface area contributed by atoms with E-state index in [1.807, 2.05) is 18.7 Å². The second-order valence-electron chi connectivity index (χ2n) is 6.93. The third-order valence-electron chi connectivity index (χ3n) is 4.95. The summed E-state index contributed by atoms with van der Waals surface area (Å²) in [5, 5.41) is 3.41. The van der Waals surface area contributed by atoms with Crippen LogP contribution in [0.5, 0.6) is 0 Å². The maximum atomic E-state index is 12.8. The van der Waals surface area contributed by atoms with Crippen LogP contribution in [0, 0.1) is 6.92 Å². The van der Waals surface area contributed by atoms with E-state index in [1.165, 1.54) is 4.31 Å². The van der Waals surface area contributed by atoms with Crippen molar-refractivity contribution in [2.45, 2.75) is 24.8 Å². The molecule has 1 amide bonds. The number of nitrogens with zero attached hydrogens (tertiary/aromatic N) is 2. The Kier molecular flexibility index (Phi) is 6.40. The first-order valence-corrected chi connectivity index (χ1v) is 11.0. The number of aryl methyl sites for hydroxylation is 1. The van der Waals surface area contributed by atoms with E-state index in [4.69, 9.17) is 11.6 Å². The average Bonchev–Trinajstić information content (AvgIpc) is 2.68. The highest BCUT2D eigenvalue weighted by atomic mass is 35.5. The molecule has 0 spiro atoms. The van der Waals surface area contributed by atoms with E-state index in [0.717, 1.165) is 5.56 Å². The Hall–Kier alpha value is -1.93. The summed E-state index contributed by atoms with van der Waals surface area (Å²) in [6, 6.07) is 13.5. The van der Waals surface area contributed by atoms with Crippen LogP contribution in [0.2, 0.25) is 5.02 Å². The summed E-state index contributed by atoms with van der Waals surface area (Å²) in [6.07, 6.45) is 0. The van der Waals surface area contributed by atoms with Crippen LogP contribution in [0.25, 0.3) is 0 Å². The van der Waals surface area contributed by atoms with Gasteiger partial charge in [0.25, 0.3) is 0 Å².